The van der Waals surface area contributed by atoms with Gasteiger partial charge in [0.15, 0.2) is 0 Å². The van der Waals surface area contributed by atoms with E-state index in [1.54, 1.807) is 12.4 Å². The molecule has 32 heavy (non-hydrogen) atoms. The highest BCUT2D eigenvalue weighted by Gasteiger charge is 2.22. The molecular weight excluding hydrogens is 398 g/mol. The summed E-state index contributed by atoms with van der Waals surface area (Å²) >= 11 is 0. The number of hydrogen-bond donors (Lipinski definition) is 1. The number of carbonyl (C=O) groups is 1. The fourth-order valence-corrected chi connectivity index (χ4v) is 4.15. The predicted octanol–water partition coefficient (Wildman–Crippen LogP) is 4.66. The maximum absolute atomic E-state index is 12.4. The van der Waals surface area contributed by atoms with Crippen LogP contribution >= 0.6 is 0 Å². The number of likely N-dealkylation sites (tertiary alicyclic amines) is 1. The summed E-state index contributed by atoms with van der Waals surface area (Å²) in [5.41, 5.74) is 3.06. The van der Waals surface area contributed by atoms with E-state index in [4.69, 9.17) is 4.74 Å². The Labute approximate surface area is 190 Å². The lowest BCUT2D eigenvalue weighted by Crippen LogP contribution is -2.39. The average Bonchev–Trinajstić information content (AvgIpc) is 2.85. The molecule has 0 radical (unpaired) electrons. The smallest absolute Gasteiger partial charge is 0.251 e. The molecule has 0 spiro atoms. The molecule has 166 valence electrons. The SMILES string of the molecule is C[C@H](CN1CCC(Oc2ccc(C(=O)NCc3ccncc3)cc2)CC1)c1ccccc1. The Morgan fingerprint density at radius 2 is 1.72 bits per heavy atom. The van der Waals surface area contributed by atoms with Crippen LogP contribution in [0.5, 0.6) is 5.75 Å². The Balaban J connectivity index is 1.21. The normalized spacial score (nSPS) is 15.8. The molecule has 1 fully saturated rings. The highest BCUT2D eigenvalue weighted by Crippen LogP contribution is 2.22. The molecule has 2 aromatic carbocycles. The maximum Gasteiger partial charge on any atom is 0.251 e. The third-order valence-corrected chi connectivity index (χ3v) is 6.06. The number of hydrogen-bond acceptors (Lipinski definition) is 4. The molecule has 1 amide bonds. The third-order valence-electron chi connectivity index (χ3n) is 6.06. The van der Waals surface area contributed by atoms with Crippen molar-refractivity contribution in [1.82, 2.24) is 15.2 Å². The third kappa shape index (κ3) is 6.17. The van der Waals surface area contributed by atoms with Crippen LogP contribution in [0, 0.1) is 0 Å². The lowest BCUT2D eigenvalue weighted by molar-refractivity contribution is 0.0949. The molecule has 1 aliphatic heterocycles. The molecule has 2 heterocycles. The number of ether oxygens (including phenoxy) is 1. The number of benzene rings is 2. The Bertz CT molecular complexity index is 969. The number of pyridine rings is 1. The number of aromatic nitrogens is 1. The van der Waals surface area contributed by atoms with Gasteiger partial charge in [-0.15, -0.1) is 0 Å². The summed E-state index contributed by atoms with van der Waals surface area (Å²) in [6.45, 7) is 5.97. The van der Waals surface area contributed by atoms with E-state index in [2.05, 4.69) is 52.5 Å². The zero-order valence-corrected chi connectivity index (χ0v) is 18.6. The van der Waals surface area contributed by atoms with Gasteiger partial charge in [0, 0.05) is 44.1 Å². The molecule has 0 saturated carbocycles. The van der Waals surface area contributed by atoms with Gasteiger partial charge in [-0.1, -0.05) is 37.3 Å². The number of amides is 1. The maximum atomic E-state index is 12.4. The van der Waals surface area contributed by atoms with Gasteiger partial charge in [0.2, 0.25) is 0 Å². The molecule has 0 aliphatic carbocycles. The summed E-state index contributed by atoms with van der Waals surface area (Å²) in [4.78, 5) is 18.9. The fourth-order valence-electron chi connectivity index (χ4n) is 4.15. The first kappa shape index (κ1) is 22.0. The van der Waals surface area contributed by atoms with Crippen LogP contribution in [-0.4, -0.2) is 41.5 Å². The van der Waals surface area contributed by atoms with E-state index >= 15 is 0 Å². The van der Waals surface area contributed by atoms with Gasteiger partial charge in [-0.25, -0.2) is 0 Å². The second-order valence-electron chi connectivity index (χ2n) is 8.49. The molecule has 3 aromatic rings. The molecule has 0 bridgehead atoms. The van der Waals surface area contributed by atoms with Crippen LogP contribution in [0.2, 0.25) is 0 Å². The van der Waals surface area contributed by atoms with Crippen molar-refractivity contribution in [3.05, 3.63) is 95.8 Å². The molecule has 4 rings (SSSR count). The Hall–Kier alpha value is -3.18. The molecule has 5 nitrogen and oxygen atoms in total. The zero-order chi connectivity index (χ0) is 22.2. The molecule has 1 N–H and O–H groups in total. The van der Waals surface area contributed by atoms with Crippen LogP contribution in [0.4, 0.5) is 0 Å². The van der Waals surface area contributed by atoms with Crippen molar-refractivity contribution in [2.75, 3.05) is 19.6 Å². The van der Waals surface area contributed by atoms with Crippen LogP contribution in [0.1, 0.15) is 47.2 Å². The van der Waals surface area contributed by atoms with E-state index in [1.807, 2.05) is 36.4 Å². The molecule has 5 heteroatoms. The van der Waals surface area contributed by atoms with Gasteiger partial charge in [0.05, 0.1) is 0 Å². The van der Waals surface area contributed by atoms with Crippen molar-refractivity contribution in [3.63, 3.8) is 0 Å². The number of rotatable bonds is 8. The molecule has 1 atom stereocenters. The number of carbonyl (C=O) groups excluding carboxylic acids is 1. The monoisotopic (exact) mass is 429 g/mol. The van der Waals surface area contributed by atoms with Gasteiger partial charge in [0.1, 0.15) is 11.9 Å². The van der Waals surface area contributed by atoms with E-state index in [-0.39, 0.29) is 12.0 Å². The summed E-state index contributed by atoms with van der Waals surface area (Å²) in [5.74, 6) is 1.27. The fraction of sp³-hybridized carbons (Fsp3) is 0.333. The minimum Gasteiger partial charge on any atom is -0.490 e. The Kier molecular flexibility index (Phi) is 7.51. The average molecular weight is 430 g/mol. The van der Waals surface area contributed by atoms with Crippen LogP contribution in [0.3, 0.4) is 0 Å². The first-order valence-electron chi connectivity index (χ1n) is 11.4. The quantitative estimate of drug-likeness (QED) is 0.566. The number of nitrogens with zero attached hydrogens (tertiary/aromatic N) is 2. The van der Waals surface area contributed by atoms with Gasteiger partial charge in [-0.2, -0.15) is 0 Å². The summed E-state index contributed by atoms with van der Waals surface area (Å²) < 4.78 is 6.19. The lowest BCUT2D eigenvalue weighted by atomic mass is 9.99. The topological polar surface area (TPSA) is 54.5 Å². The van der Waals surface area contributed by atoms with Gasteiger partial charge in [0.25, 0.3) is 5.91 Å². The summed E-state index contributed by atoms with van der Waals surface area (Å²) in [5, 5.41) is 2.94. The second kappa shape index (κ2) is 10.9. The van der Waals surface area contributed by atoms with E-state index in [0.29, 0.717) is 18.0 Å². The van der Waals surface area contributed by atoms with Gasteiger partial charge >= 0.3 is 0 Å². The lowest BCUT2D eigenvalue weighted by Gasteiger charge is -2.33. The molecule has 0 unspecified atom stereocenters. The van der Waals surface area contributed by atoms with Crippen molar-refractivity contribution >= 4 is 5.91 Å². The minimum absolute atomic E-state index is 0.0887. The molecule has 1 saturated heterocycles. The number of nitrogens with one attached hydrogen (secondary N) is 1. The van der Waals surface area contributed by atoms with Crippen molar-refractivity contribution in [2.24, 2.45) is 0 Å². The van der Waals surface area contributed by atoms with Gasteiger partial charge in [-0.05, 0) is 66.3 Å². The van der Waals surface area contributed by atoms with Gasteiger partial charge in [-0.3, -0.25) is 9.78 Å². The Morgan fingerprint density at radius 1 is 1.03 bits per heavy atom. The van der Waals surface area contributed by atoms with Crippen LogP contribution in [0.15, 0.2) is 79.1 Å². The second-order valence-corrected chi connectivity index (χ2v) is 8.49. The largest absolute Gasteiger partial charge is 0.490 e. The van der Waals surface area contributed by atoms with E-state index in [1.165, 1.54) is 5.56 Å². The van der Waals surface area contributed by atoms with E-state index < -0.39 is 0 Å². The van der Waals surface area contributed by atoms with Crippen molar-refractivity contribution < 1.29 is 9.53 Å². The van der Waals surface area contributed by atoms with Gasteiger partial charge < -0.3 is 15.0 Å². The van der Waals surface area contributed by atoms with Crippen molar-refractivity contribution in [3.8, 4) is 5.75 Å². The van der Waals surface area contributed by atoms with Crippen LogP contribution in [0.25, 0.3) is 0 Å². The first-order chi connectivity index (χ1) is 15.7. The number of piperidine rings is 1. The van der Waals surface area contributed by atoms with E-state index in [0.717, 1.165) is 43.8 Å². The van der Waals surface area contributed by atoms with Crippen LogP contribution in [-0.2, 0) is 6.54 Å². The van der Waals surface area contributed by atoms with E-state index in [9.17, 15) is 4.79 Å². The van der Waals surface area contributed by atoms with Crippen LogP contribution < -0.4 is 10.1 Å². The van der Waals surface area contributed by atoms with Crippen molar-refractivity contribution in [2.45, 2.75) is 38.3 Å². The summed E-state index contributed by atoms with van der Waals surface area (Å²) in [7, 11) is 0. The molecular formula is C27H31N3O2. The standard InChI is InChI=1S/C27H31N3O2/c1-21(23-5-3-2-4-6-23)20-30-17-13-26(14-18-30)32-25-9-7-24(8-10-25)27(31)29-19-22-11-15-28-16-12-22/h2-12,15-16,21,26H,13-14,17-20H2,1H3,(H,29,31)/t21-/m1/s1. The minimum atomic E-state index is -0.0887. The highest BCUT2D eigenvalue weighted by atomic mass is 16.5. The summed E-state index contributed by atoms with van der Waals surface area (Å²) in [6, 6.07) is 21.9. The highest BCUT2D eigenvalue weighted by molar-refractivity contribution is 5.94. The zero-order valence-electron chi connectivity index (χ0n) is 18.6. The predicted molar refractivity (Wildman–Crippen MR) is 127 cm³/mol. The molecule has 1 aliphatic rings. The van der Waals surface area contributed by atoms with Crippen molar-refractivity contribution in [1.29, 1.82) is 0 Å². The Morgan fingerprint density at radius 3 is 2.41 bits per heavy atom. The molecule has 1 aromatic heterocycles. The first-order valence-corrected chi connectivity index (χ1v) is 11.4. The summed E-state index contributed by atoms with van der Waals surface area (Å²) in [6.07, 6.45) is 5.72.